The fraction of sp³-hybridized carbons (Fsp3) is 0.292. The number of ketones is 1. The number of aliphatic carboxylic acids is 1. The van der Waals surface area contributed by atoms with Crippen molar-refractivity contribution in [2.24, 2.45) is 0 Å². The Kier molecular flexibility index (Phi) is 7.14. The summed E-state index contributed by atoms with van der Waals surface area (Å²) in [5.74, 6) is -0.439. The quantitative estimate of drug-likeness (QED) is 0.449. The van der Waals surface area contributed by atoms with Gasteiger partial charge in [0.15, 0.2) is 11.6 Å². The van der Waals surface area contributed by atoms with E-state index >= 15 is 0 Å². The Morgan fingerprint density at radius 2 is 1.83 bits per heavy atom. The van der Waals surface area contributed by atoms with Gasteiger partial charge in [0.1, 0.15) is 5.82 Å². The number of aromatic nitrogens is 2. The van der Waals surface area contributed by atoms with E-state index in [-0.39, 0.29) is 42.8 Å². The summed E-state index contributed by atoms with van der Waals surface area (Å²) in [5, 5.41) is 16.0. The smallest absolute Gasteiger partial charge is 0.303 e. The monoisotopic (exact) mass is 529 g/mol. The van der Waals surface area contributed by atoms with E-state index in [1.165, 1.54) is 6.07 Å². The van der Waals surface area contributed by atoms with E-state index in [1.807, 2.05) is 23.9 Å². The van der Waals surface area contributed by atoms with Crippen LogP contribution in [-0.2, 0) is 17.8 Å². The van der Waals surface area contributed by atoms with E-state index in [1.54, 1.807) is 17.0 Å². The first-order valence-corrected chi connectivity index (χ1v) is 12.0. The number of nitrogens with zero attached hydrogens (tertiary/aromatic N) is 4. The molecular formula is C24H24ClN5O5S. The number of carbonyl (C=O) groups excluding carboxylic acids is 3. The molecule has 0 fully saturated rings. The second kappa shape index (κ2) is 10.1. The molecule has 1 aromatic carbocycles. The minimum Gasteiger partial charge on any atom is -0.481 e. The summed E-state index contributed by atoms with van der Waals surface area (Å²) in [6.45, 7) is 2.08. The van der Waals surface area contributed by atoms with Crippen molar-refractivity contribution in [3.8, 4) is 0 Å². The van der Waals surface area contributed by atoms with Gasteiger partial charge in [0, 0.05) is 43.9 Å². The van der Waals surface area contributed by atoms with Crippen LogP contribution >= 0.6 is 23.7 Å². The first-order valence-electron chi connectivity index (χ1n) is 11.2. The van der Waals surface area contributed by atoms with Crippen molar-refractivity contribution in [3.63, 3.8) is 0 Å². The fourth-order valence-electron chi connectivity index (χ4n) is 4.31. The lowest BCUT2D eigenvalue weighted by Crippen LogP contribution is -2.34. The number of thiophene rings is 1. The van der Waals surface area contributed by atoms with Crippen molar-refractivity contribution < 1.29 is 24.3 Å². The van der Waals surface area contributed by atoms with E-state index < -0.39 is 5.97 Å². The number of carboxylic acid groups (broad SMARTS) is 1. The highest BCUT2D eigenvalue weighted by atomic mass is 35.5. The van der Waals surface area contributed by atoms with Crippen molar-refractivity contribution in [2.75, 3.05) is 30.4 Å². The number of carboxylic acids is 1. The Hall–Kier alpha value is -3.70. The number of hydrogen-bond donors (Lipinski definition) is 2. The predicted octanol–water partition coefficient (Wildman–Crippen LogP) is 3.45. The molecule has 188 valence electrons. The summed E-state index contributed by atoms with van der Waals surface area (Å²) in [4.78, 5) is 52.4. The van der Waals surface area contributed by atoms with E-state index in [9.17, 15) is 19.2 Å². The van der Waals surface area contributed by atoms with Crippen LogP contribution in [0.1, 0.15) is 48.1 Å². The Balaban J connectivity index is 0.00000304. The lowest BCUT2D eigenvalue weighted by Gasteiger charge is -2.26. The van der Waals surface area contributed by atoms with E-state index in [0.29, 0.717) is 28.7 Å². The number of hydrogen-bond acceptors (Lipinski definition) is 7. The van der Waals surface area contributed by atoms with Gasteiger partial charge < -0.3 is 20.2 Å². The Bertz CT molecular complexity index is 1370. The number of benzene rings is 1. The molecule has 2 amide bonds. The van der Waals surface area contributed by atoms with Gasteiger partial charge in [-0.1, -0.05) is 0 Å². The number of Topliss-reactive ketones (excluding diaryl/α,β-unsaturated/α-hetero) is 1. The maximum atomic E-state index is 12.7. The molecule has 0 radical (unpaired) electrons. The summed E-state index contributed by atoms with van der Waals surface area (Å²) < 4.78 is 1.82. The highest BCUT2D eigenvalue weighted by Gasteiger charge is 2.27. The van der Waals surface area contributed by atoms with Crippen LogP contribution < -0.4 is 10.2 Å². The van der Waals surface area contributed by atoms with Crippen molar-refractivity contribution in [3.05, 3.63) is 57.3 Å². The van der Waals surface area contributed by atoms with Gasteiger partial charge >= 0.3 is 5.97 Å². The van der Waals surface area contributed by atoms with Crippen LogP contribution in [0.25, 0.3) is 0 Å². The molecule has 2 aliphatic rings. The third kappa shape index (κ3) is 4.84. The van der Waals surface area contributed by atoms with Gasteiger partial charge in [-0.3, -0.25) is 19.2 Å². The topological polar surface area (TPSA) is 125 Å². The molecule has 0 bridgehead atoms. The van der Waals surface area contributed by atoms with Crippen molar-refractivity contribution in [1.29, 1.82) is 0 Å². The maximum Gasteiger partial charge on any atom is 0.303 e. The highest BCUT2D eigenvalue weighted by molar-refractivity contribution is 7.16. The molecule has 36 heavy (non-hydrogen) atoms. The van der Waals surface area contributed by atoms with Gasteiger partial charge in [0.25, 0.3) is 11.8 Å². The number of likely N-dealkylation sites (N-methyl/N-ethyl adjacent to an activating group) is 1. The van der Waals surface area contributed by atoms with E-state index in [0.717, 1.165) is 46.9 Å². The number of carbonyl (C=O) groups is 4. The van der Waals surface area contributed by atoms with Crippen LogP contribution in [0.2, 0.25) is 0 Å². The Morgan fingerprint density at radius 1 is 1.06 bits per heavy atom. The van der Waals surface area contributed by atoms with Gasteiger partial charge in [-0.2, -0.15) is 5.10 Å². The normalized spacial score (nSPS) is 14.2. The molecule has 2 N–H and O–H groups in total. The zero-order valence-electron chi connectivity index (χ0n) is 19.4. The van der Waals surface area contributed by atoms with Crippen LogP contribution in [0.15, 0.2) is 36.4 Å². The first kappa shape index (κ1) is 25.4. The average molecular weight is 530 g/mol. The molecular weight excluding hydrogens is 506 g/mol. The maximum absolute atomic E-state index is 12.7. The van der Waals surface area contributed by atoms with Gasteiger partial charge in [-0.15, -0.1) is 23.7 Å². The predicted molar refractivity (Wildman–Crippen MR) is 137 cm³/mol. The van der Waals surface area contributed by atoms with Gasteiger partial charge in [-0.25, -0.2) is 4.68 Å². The summed E-state index contributed by atoms with van der Waals surface area (Å²) in [6, 6.07) is 10.8. The number of amides is 2. The molecule has 5 rings (SSSR count). The Labute approximate surface area is 216 Å². The van der Waals surface area contributed by atoms with Gasteiger partial charge in [0.05, 0.1) is 22.7 Å². The molecule has 4 heterocycles. The fourth-order valence-corrected chi connectivity index (χ4v) is 5.18. The molecule has 0 atom stereocenters. The molecule has 0 saturated heterocycles. The van der Waals surface area contributed by atoms with Crippen LogP contribution in [-0.4, -0.2) is 63.5 Å². The Morgan fingerprint density at radius 3 is 2.61 bits per heavy atom. The molecule has 3 aromatic rings. The molecule has 2 aliphatic heterocycles. The number of fused-ring (bicyclic) bond motifs is 2. The van der Waals surface area contributed by atoms with E-state index in [4.69, 9.17) is 5.11 Å². The molecule has 0 unspecified atom stereocenters. The minimum absolute atomic E-state index is 0. The number of nitrogens with one attached hydrogen (secondary N) is 1. The average Bonchev–Trinajstić information content (AvgIpc) is 3.56. The molecule has 0 saturated carbocycles. The first-order chi connectivity index (χ1) is 16.8. The number of anilines is 3. The van der Waals surface area contributed by atoms with Crippen molar-refractivity contribution in [1.82, 2.24) is 14.7 Å². The number of rotatable bonds is 7. The molecule has 0 aliphatic carbocycles. The third-order valence-corrected chi connectivity index (χ3v) is 7.30. The summed E-state index contributed by atoms with van der Waals surface area (Å²) in [7, 11) is 1.81. The summed E-state index contributed by atoms with van der Waals surface area (Å²) >= 11 is 1.03. The summed E-state index contributed by atoms with van der Waals surface area (Å²) in [5.41, 5.74) is 2.74. The largest absolute Gasteiger partial charge is 0.481 e. The third-order valence-electron chi connectivity index (χ3n) is 6.18. The van der Waals surface area contributed by atoms with Crippen molar-refractivity contribution >= 4 is 64.6 Å². The zero-order valence-corrected chi connectivity index (χ0v) is 21.0. The molecule has 0 spiro atoms. The van der Waals surface area contributed by atoms with Crippen LogP contribution in [0, 0.1) is 0 Å². The highest BCUT2D eigenvalue weighted by Crippen LogP contribution is 2.34. The van der Waals surface area contributed by atoms with Crippen LogP contribution in [0.5, 0.6) is 0 Å². The van der Waals surface area contributed by atoms with Crippen LogP contribution in [0.3, 0.4) is 0 Å². The zero-order chi connectivity index (χ0) is 24.7. The molecule has 12 heteroatoms. The summed E-state index contributed by atoms with van der Waals surface area (Å²) in [6.07, 6.45) is 0.460. The lowest BCUT2D eigenvalue weighted by atomic mass is 9.98. The second-order valence-electron chi connectivity index (χ2n) is 8.52. The lowest BCUT2D eigenvalue weighted by molar-refractivity contribution is -0.136. The SMILES string of the molecule is CN1CCc2cc(N3CCn4nc(NC(=O)c5ccc(C(=O)CCC(=O)O)s5)cc43)ccc2C1=O.Cl. The van der Waals surface area contributed by atoms with Gasteiger partial charge in [0.2, 0.25) is 0 Å². The second-order valence-corrected chi connectivity index (χ2v) is 9.60. The van der Waals surface area contributed by atoms with Crippen LogP contribution in [0.4, 0.5) is 17.3 Å². The molecule has 2 aromatic heterocycles. The van der Waals surface area contributed by atoms with Gasteiger partial charge in [-0.05, 0) is 42.3 Å². The molecule has 10 nitrogen and oxygen atoms in total. The minimum atomic E-state index is -1.04. The number of halogens is 1. The standard InChI is InChI=1S/C24H23N5O5S.ClH/c1-27-9-8-14-12-15(2-3-16(14)24(27)34)28-10-11-29-21(28)13-20(26-29)25-23(33)19-6-5-18(35-19)17(30)4-7-22(31)32;/h2-3,5-6,12-13H,4,7-11H2,1H3,(H,31,32)(H,25,26,33);1H. The van der Waals surface area contributed by atoms with E-state index in [2.05, 4.69) is 21.4 Å². The van der Waals surface area contributed by atoms with Crippen molar-refractivity contribution in [2.45, 2.75) is 25.8 Å².